The number of rotatable bonds is 10. The summed E-state index contributed by atoms with van der Waals surface area (Å²) in [4.78, 5) is 37.7. The lowest BCUT2D eigenvalue weighted by atomic mass is 9.91. The summed E-state index contributed by atoms with van der Waals surface area (Å²) in [5, 5.41) is 8.04. The first kappa shape index (κ1) is 32.6. The van der Waals surface area contributed by atoms with Crippen molar-refractivity contribution in [1.82, 2.24) is 20.7 Å². The highest BCUT2D eigenvalue weighted by molar-refractivity contribution is 7.98. The minimum Gasteiger partial charge on any atom is -0.462 e. The number of hydrogen-bond acceptors (Lipinski definition) is 6. The molecule has 2 aromatic carbocycles. The number of nitrogens with two attached hydrogens (primary N) is 1. The van der Waals surface area contributed by atoms with E-state index >= 15 is 0 Å². The number of benzene rings is 2. The van der Waals surface area contributed by atoms with Crippen LogP contribution in [-0.4, -0.2) is 31.2 Å². The molecular weight excluding hydrogens is 547 g/mol. The first-order valence-corrected chi connectivity index (χ1v) is 13.4. The zero-order chi connectivity index (χ0) is 30.1. The second kappa shape index (κ2) is 13.6. The van der Waals surface area contributed by atoms with E-state index in [9.17, 15) is 27.6 Å². The molecule has 0 aliphatic rings. The molecule has 0 aliphatic heterocycles. The normalized spacial score (nSPS) is 13.1. The number of alkyl halides is 3. The van der Waals surface area contributed by atoms with Crippen LogP contribution >= 0.6 is 11.9 Å². The highest BCUT2D eigenvalue weighted by Crippen LogP contribution is 2.33. The van der Waals surface area contributed by atoms with E-state index in [1.165, 1.54) is 19.1 Å². The first-order valence-electron chi connectivity index (χ1n) is 12.6. The van der Waals surface area contributed by atoms with Crippen molar-refractivity contribution in [2.24, 2.45) is 5.41 Å². The monoisotopic (exact) mass is 583 g/mol. The molecule has 9 nitrogen and oxygen atoms in total. The number of para-hydroxylation sites is 1. The van der Waals surface area contributed by atoms with Gasteiger partial charge in [-0.15, -0.1) is 0 Å². The van der Waals surface area contributed by atoms with Crippen LogP contribution in [0.5, 0.6) is 0 Å². The summed E-state index contributed by atoms with van der Waals surface area (Å²) in [6.45, 7) is 8.60. The van der Waals surface area contributed by atoms with Crippen molar-refractivity contribution < 1.29 is 32.3 Å². The third-order valence-corrected chi connectivity index (χ3v) is 6.57. The molecule has 0 aliphatic carbocycles. The summed E-state index contributed by atoms with van der Waals surface area (Å²) in [5.74, 6) is -0.580. The molecule has 2 rings (SSSR count). The van der Waals surface area contributed by atoms with Crippen molar-refractivity contribution in [1.29, 1.82) is 0 Å². The van der Waals surface area contributed by atoms with Crippen LogP contribution in [0.4, 0.5) is 28.4 Å². The van der Waals surface area contributed by atoms with Crippen LogP contribution < -0.4 is 26.4 Å². The maximum absolute atomic E-state index is 13.4. The summed E-state index contributed by atoms with van der Waals surface area (Å²) in [5.41, 5.74) is 4.01. The molecule has 40 heavy (non-hydrogen) atoms. The van der Waals surface area contributed by atoms with Gasteiger partial charge in [-0.1, -0.05) is 31.2 Å². The first-order chi connectivity index (χ1) is 18.6. The number of nitrogen functional groups attached to an aromatic ring is 1. The molecular formula is C27H36F3N5O4S. The number of ether oxygens (including phenoxy) is 1. The van der Waals surface area contributed by atoms with Crippen molar-refractivity contribution >= 4 is 35.7 Å². The van der Waals surface area contributed by atoms with Gasteiger partial charge in [0.25, 0.3) is 0 Å². The lowest BCUT2D eigenvalue weighted by Gasteiger charge is -2.32. The van der Waals surface area contributed by atoms with E-state index in [4.69, 9.17) is 10.5 Å². The van der Waals surface area contributed by atoms with Gasteiger partial charge in [0.05, 0.1) is 27.1 Å². The summed E-state index contributed by atoms with van der Waals surface area (Å²) >= 11 is 0.886. The fourth-order valence-electron chi connectivity index (χ4n) is 3.34. The maximum Gasteiger partial charge on any atom is 0.416 e. The van der Waals surface area contributed by atoms with Crippen LogP contribution in [0.2, 0.25) is 0 Å². The summed E-state index contributed by atoms with van der Waals surface area (Å²) in [6.07, 6.45) is -3.81. The molecule has 4 amide bonds. The number of carbonyl (C=O) groups is 3. The van der Waals surface area contributed by atoms with Crippen LogP contribution in [-0.2, 0) is 27.8 Å². The molecule has 0 fully saturated rings. The molecule has 2 aromatic rings. The zero-order valence-electron chi connectivity index (χ0n) is 23.1. The van der Waals surface area contributed by atoms with Crippen molar-refractivity contribution in [3.63, 3.8) is 0 Å². The van der Waals surface area contributed by atoms with Gasteiger partial charge in [0, 0.05) is 13.1 Å². The minimum atomic E-state index is -4.61. The van der Waals surface area contributed by atoms with E-state index in [1.54, 1.807) is 39.0 Å². The number of urea groups is 2. The van der Waals surface area contributed by atoms with E-state index in [0.29, 0.717) is 22.7 Å². The van der Waals surface area contributed by atoms with Crippen molar-refractivity contribution in [3.05, 3.63) is 59.2 Å². The molecule has 0 saturated heterocycles. The standard InChI is InChI=1S/C27H36F3N5O4S/c1-6-13-32-23(37)33-15-17-9-7-12-20(21(17)31)40-35-24(38)34-26(5,16-39-22(36)25(2,3)4)18-10-8-11-19(14-18)27(28,29)30/h7-12,14H,6,13,15-16,31H2,1-5H3,(H2,32,33,37)(H2,34,35,38). The second-order valence-corrected chi connectivity index (χ2v) is 11.2. The van der Waals surface area contributed by atoms with Crippen LogP contribution in [0.25, 0.3) is 0 Å². The minimum absolute atomic E-state index is 0.0955. The summed E-state index contributed by atoms with van der Waals surface area (Å²) in [6, 6.07) is 8.47. The number of esters is 1. The van der Waals surface area contributed by atoms with Crippen molar-refractivity contribution in [2.45, 2.75) is 64.2 Å². The summed E-state index contributed by atoms with van der Waals surface area (Å²) < 4.78 is 48.1. The lowest BCUT2D eigenvalue weighted by Crippen LogP contribution is -2.50. The topological polar surface area (TPSA) is 135 Å². The van der Waals surface area contributed by atoms with Gasteiger partial charge in [0.1, 0.15) is 6.61 Å². The Morgan fingerprint density at radius 1 is 0.950 bits per heavy atom. The van der Waals surface area contributed by atoms with Crippen molar-refractivity contribution in [3.8, 4) is 0 Å². The Bertz CT molecular complexity index is 1200. The predicted octanol–water partition coefficient (Wildman–Crippen LogP) is 5.31. The average Bonchev–Trinajstić information content (AvgIpc) is 2.88. The molecule has 0 spiro atoms. The Morgan fingerprint density at radius 2 is 1.60 bits per heavy atom. The molecule has 0 bridgehead atoms. The second-order valence-electron chi connectivity index (χ2n) is 10.3. The van der Waals surface area contributed by atoms with E-state index in [-0.39, 0.29) is 18.1 Å². The van der Waals surface area contributed by atoms with Gasteiger partial charge in [0.2, 0.25) is 0 Å². The van der Waals surface area contributed by atoms with E-state index in [1.807, 2.05) is 6.92 Å². The number of nitrogens with one attached hydrogen (secondary N) is 4. The van der Waals surface area contributed by atoms with Gasteiger partial charge >= 0.3 is 24.2 Å². The number of carbonyl (C=O) groups excluding carboxylic acids is 3. The Morgan fingerprint density at radius 3 is 2.23 bits per heavy atom. The maximum atomic E-state index is 13.4. The number of hydrogen-bond donors (Lipinski definition) is 5. The van der Waals surface area contributed by atoms with Gasteiger partial charge in [0.15, 0.2) is 0 Å². The molecule has 1 unspecified atom stereocenters. The van der Waals surface area contributed by atoms with Gasteiger partial charge in [-0.3, -0.25) is 9.52 Å². The third kappa shape index (κ3) is 9.54. The van der Waals surface area contributed by atoms with Gasteiger partial charge < -0.3 is 26.4 Å². The van der Waals surface area contributed by atoms with E-state index in [0.717, 1.165) is 30.5 Å². The largest absolute Gasteiger partial charge is 0.462 e. The van der Waals surface area contributed by atoms with Gasteiger partial charge in [-0.05, 0) is 75.4 Å². The number of anilines is 1. The Balaban J connectivity index is 2.18. The van der Waals surface area contributed by atoms with Crippen LogP contribution in [0.3, 0.4) is 0 Å². The smallest absolute Gasteiger partial charge is 0.416 e. The van der Waals surface area contributed by atoms with E-state index in [2.05, 4.69) is 20.7 Å². The molecule has 13 heteroatoms. The molecule has 0 radical (unpaired) electrons. The quantitative estimate of drug-likeness (QED) is 0.146. The highest BCUT2D eigenvalue weighted by atomic mass is 32.2. The molecule has 0 saturated carbocycles. The Hall–Kier alpha value is -3.61. The number of amides is 4. The lowest BCUT2D eigenvalue weighted by molar-refractivity contribution is -0.155. The fourth-order valence-corrected chi connectivity index (χ4v) is 3.98. The van der Waals surface area contributed by atoms with Gasteiger partial charge in [-0.25, -0.2) is 9.59 Å². The van der Waals surface area contributed by atoms with Crippen LogP contribution in [0, 0.1) is 5.41 Å². The Kier molecular flexibility index (Phi) is 11.1. The van der Waals surface area contributed by atoms with Crippen LogP contribution in [0.1, 0.15) is 57.7 Å². The predicted molar refractivity (Wildman–Crippen MR) is 148 cm³/mol. The summed E-state index contributed by atoms with van der Waals surface area (Å²) in [7, 11) is 0. The molecule has 6 N–H and O–H groups in total. The highest BCUT2D eigenvalue weighted by Gasteiger charge is 2.36. The fraction of sp³-hybridized carbons (Fsp3) is 0.444. The van der Waals surface area contributed by atoms with Crippen LogP contribution in [0.15, 0.2) is 47.4 Å². The molecule has 0 aromatic heterocycles. The molecule has 220 valence electrons. The SMILES string of the molecule is CCCNC(=O)NCc1cccc(SNC(=O)NC(C)(COC(=O)C(C)(C)C)c2cccc(C(F)(F)F)c2)c1N. The molecule has 1 atom stereocenters. The van der Waals surface area contributed by atoms with E-state index < -0.39 is 41.3 Å². The van der Waals surface area contributed by atoms with Gasteiger partial charge in [-0.2, -0.15) is 13.2 Å². The number of halogens is 3. The van der Waals surface area contributed by atoms with Crippen molar-refractivity contribution in [2.75, 3.05) is 18.9 Å². The molecule has 0 heterocycles. The average molecular weight is 584 g/mol. The zero-order valence-corrected chi connectivity index (χ0v) is 23.9. The Labute approximate surface area is 236 Å². The third-order valence-electron chi connectivity index (χ3n) is 5.71.